The second-order valence-electron chi connectivity index (χ2n) is 8.01. The van der Waals surface area contributed by atoms with Gasteiger partial charge in [0.1, 0.15) is 12.2 Å². The van der Waals surface area contributed by atoms with Gasteiger partial charge in [-0.25, -0.2) is 4.68 Å². The quantitative estimate of drug-likeness (QED) is 0.202. The van der Waals surface area contributed by atoms with Crippen molar-refractivity contribution in [2.75, 3.05) is 12.0 Å². The second kappa shape index (κ2) is 15.5. The Morgan fingerprint density at radius 1 is 0.943 bits per heavy atom. The molecule has 0 aliphatic rings. The molecule has 0 radical (unpaired) electrons. The Hall–Kier alpha value is -3.36. The number of nitrogen functional groups attached to an aromatic ring is 1. The van der Waals surface area contributed by atoms with Crippen LogP contribution in [0.3, 0.4) is 0 Å². The molecule has 0 spiro atoms. The number of hydrazine groups is 1. The fourth-order valence-corrected chi connectivity index (χ4v) is 2.82. The predicted octanol–water partition coefficient (Wildman–Crippen LogP) is 4.63. The molecular weight excluding hydrogens is 468 g/mol. The minimum atomic E-state index is -0.440. The number of aromatic nitrogens is 2. The standard InChI is InChI=1S/C12H14N2O.C8H12N2.C6H10O3.ClH/c1-8-4-5-11(6-9(8)2)14-12(15)7-10(3)13-14;1-6-3-4-8(10-9)5-7(6)2;1-3-9-6(8)4-5(2)7;/h4-7,13H,1-3H3;3-5,10H,9H2,1-2H3;3-4H2,1-2H3;1H. The van der Waals surface area contributed by atoms with E-state index >= 15 is 0 Å². The van der Waals surface area contributed by atoms with Crippen molar-refractivity contribution in [3.8, 4) is 5.69 Å². The zero-order chi connectivity index (χ0) is 25.8. The van der Waals surface area contributed by atoms with Crippen LogP contribution in [-0.2, 0) is 14.3 Å². The van der Waals surface area contributed by atoms with E-state index in [1.165, 1.54) is 29.2 Å². The summed E-state index contributed by atoms with van der Waals surface area (Å²) in [6.45, 7) is 13.5. The third-order valence-electron chi connectivity index (χ3n) is 4.97. The van der Waals surface area contributed by atoms with Crippen molar-refractivity contribution in [3.05, 3.63) is 80.8 Å². The summed E-state index contributed by atoms with van der Waals surface area (Å²) < 4.78 is 6.05. The molecule has 0 bridgehead atoms. The Bertz CT molecular complexity index is 1170. The van der Waals surface area contributed by atoms with Crippen molar-refractivity contribution in [2.24, 2.45) is 5.84 Å². The highest BCUT2D eigenvalue weighted by molar-refractivity contribution is 5.94. The number of benzene rings is 2. The lowest BCUT2D eigenvalue weighted by Gasteiger charge is -2.05. The van der Waals surface area contributed by atoms with Crippen molar-refractivity contribution in [3.63, 3.8) is 0 Å². The maximum atomic E-state index is 11.6. The number of carbonyl (C=O) groups excluding carboxylic acids is 2. The van der Waals surface area contributed by atoms with Crippen molar-refractivity contribution >= 4 is 29.8 Å². The molecule has 0 amide bonds. The van der Waals surface area contributed by atoms with E-state index in [2.05, 4.69) is 36.0 Å². The first kappa shape index (κ1) is 31.6. The van der Waals surface area contributed by atoms with Gasteiger partial charge in [0.2, 0.25) is 0 Å². The lowest BCUT2D eigenvalue weighted by molar-refractivity contribution is -0.145. The number of esters is 1. The Labute approximate surface area is 213 Å². The summed E-state index contributed by atoms with van der Waals surface area (Å²) in [6.07, 6.45) is -0.103. The number of nitrogens with two attached hydrogens (primary N) is 1. The molecule has 192 valence electrons. The number of nitrogens with zero attached hydrogens (tertiary/aromatic N) is 1. The van der Waals surface area contributed by atoms with Gasteiger partial charge in [0.15, 0.2) is 0 Å². The maximum Gasteiger partial charge on any atom is 0.313 e. The van der Waals surface area contributed by atoms with Gasteiger partial charge in [-0.05, 0) is 95.0 Å². The number of hydrogen-bond donors (Lipinski definition) is 3. The van der Waals surface area contributed by atoms with Crippen LogP contribution in [0.25, 0.3) is 5.69 Å². The van der Waals surface area contributed by atoms with E-state index in [9.17, 15) is 14.4 Å². The first-order valence-corrected chi connectivity index (χ1v) is 11.0. The number of aromatic amines is 1. The summed E-state index contributed by atoms with van der Waals surface area (Å²) in [6, 6.07) is 13.6. The monoisotopic (exact) mass is 504 g/mol. The first-order valence-electron chi connectivity index (χ1n) is 11.0. The minimum absolute atomic E-state index is 0. The molecule has 0 unspecified atom stereocenters. The maximum absolute atomic E-state index is 11.6. The fourth-order valence-electron chi connectivity index (χ4n) is 2.82. The van der Waals surface area contributed by atoms with E-state index in [1.54, 1.807) is 17.7 Å². The summed E-state index contributed by atoms with van der Waals surface area (Å²) in [5, 5.41) is 3.01. The van der Waals surface area contributed by atoms with Gasteiger partial charge in [-0.2, -0.15) is 0 Å². The third-order valence-corrected chi connectivity index (χ3v) is 4.97. The molecule has 8 nitrogen and oxygen atoms in total. The number of nitrogens with one attached hydrogen (secondary N) is 2. The Balaban J connectivity index is 0.000000513. The van der Waals surface area contributed by atoms with Crippen LogP contribution in [0.4, 0.5) is 5.69 Å². The zero-order valence-electron chi connectivity index (χ0n) is 21.5. The van der Waals surface area contributed by atoms with Crippen LogP contribution in [-0.4, -0.2) is 28.1 Å². The summed E-state index contributed by atoms with van der Waals surface area (Å²) in [5.74, 6) is 4.62. The molecule has 35 heavy (non-hydrogen) atoms. The lowest BCUT2D eigenvalue weighted by atomic mass is 10.1. The summed E-state index contributed by atoms with van der Waals surface area (Å²) in [5.41, 5.74) is 10.3. The SMILES string of the molecule is CCOC(=O)CC(C)=O.Cc1cc(=O)n(-c2ccc(C)c(C)c2)[nH]1.Cc1ccc(NN)cc1C.Cl. The van der Waals surface area contributed by atoms with Crippen molar-refractivity contribution < 1.29 is 14.3 Å². The third kappa shape index (κ3) is 11.1. The van der Waals surface area contributed by atoms with Gasteiger partial charge in [0, 0.05) is 17.4 Å². The van der Waals surface area contributed by atoms with Gasteiger partial charge in [-0.1, -0.05) is 12.1 Å². The number of ketones is 1. The molecule has 9 heteroatoms. The second-order valence-corrected chi connectivity index (χ2v) is 8.01. The molecule has 2 aromatic carbocycles. The Morgan fingerprint density at radius 2 is 1.51 bits per heavy atom. The smallest absolute Gasteiger partial charge is 0.313 e. The number of anilines is 1. The normalized spacial score (nSPS) is 9.49. The zero-order valence-corrected chi connectivity index (χ0v) is 22.3. The Morgan fingerprint density at radius 3 is 1.94 bits per heavy atom. The van der Waals surface area contributed by atoms with E-state index in [0.29, 0.717) is 6.61 Å². The van der Waals surface area contributed by atoms with Gasteiger partial charge < -0.3 is 10.2 Å². The highest BCUT2D eigenvalue weighted by Crippen LogP contribution is 2.13. The van der Waals surface area contributed by atoms with Crippen LogP contribution in [0.5, 0.6) is 0 Å². The number of hydrogen-bond acceptors (Lipinski definition) is 6. The first-order chi connectivity index (χ1) is 16.0. The molecule has 1 aromatic heterocycles. The predicted molar refractivity (Wildman–Crippen MR) is 144 cm³/mol. The molecule has 0 fully saturated rings. The van der Waals surface area contributed by atoms with Crippen molar-refractivity contribution in [1.29, 1.82) is 0 Å². The molecule has 3 rings (SSSR count). The molecule has 0 aliphatic heterocycles. The number of rotatable bonds is 5. The largest absolute Gasteiger partial charge is 0.466 e. The fraction of sp³-hybridized carbons (Fsp3) is 0.346. The van der Waals surface area contributed by atoms with Crippen molar-refractivity contribution in [1.82, 2.24) is 9.78 Å². The minimum Gasteiger partial charge on any atom is -0.466 e. The van der Waals surface area contributed by atoms with E-state index in [0.717, 1.165) is 17.1 Å². The Kier molecular flexibility index (Phi) is 14.0. The van der Waals surface area contributed by atoms with Gasteiger partial charge >= 0.3 is 5.97 Å². The van der Waals surface area contributed by atoms with Crippen LogP contribution < -0.4 is 16.8 Å². The topological polar surface area (TPSA) is 119 Å². The van der Waals surface area contributed by atoms with Gasteiger partial charge in [-0.3, -0.25) is 25.3 Å². The van der Waals surface area contributed by atoms with Crippen LogP contribution in [0.15, 0.2) is 47.3 Å². The molecule has 0 aliphatic carbocycles. The highest BCUT2D eigenvalue weighted by atomic mass is 35.5. The average molecular weight is 505 g/mol. The van der Waals surface area contributed by atoms with Gasteiger partial charge in [0.25, 0.3) is 5.56 Å². The molecular formula is C26H37ClN4O4. The summed E-state index contributed by atoms with van der Waals surface area (Å²) in [4.78, 5) is 32.2. The number of carbonyl (C=O) groups is 2. The molecule has 0 saturated carbocycles. The number of aryl methyl sites for hydroxylation is 5. The van der Waals surface area contributed by atoms with Crippen LogP contribution >= 0.6 is 12.4 Å². The number of ether oxygens (including phenoxy) is 1. The number of Topliss-reactive ketones (excluding diaryl/α,β-unsaturated/α-hetero) is 1. The van der Waals surface area contributed by atoms with E-state index in [1.807, 2.05) is 50.2 Å². The van der Waals surface area contributed by atoms with Crippen LogP contribution in [0.2, 0.25) is 0 Å². The van der Waals surface area contributed by atoms with Gasteiger partial charge in [-0.15, -0.1) is 12.4 Å². The molecule has 0 atom stereocenters. The van der Waals surface area contributed by atoms with E-state index in [-0.39, 0.29) is 30.2 Å². The lowest BCUT2D eigenvalue weighted by Crippen LogP contribution is -2.13. The summed E-state index contributed by atoms with van der Waals surface area (Å²) >= 11 is 0. The van der Waals surface area contributed by atoms with Crippen LogP contribution in [0, 0.1) is 34.6 Å². The van der Waals surface area contributed by atoms with Crippen LogP contribution in [0.1, 0.15) is 48.2 Å². The summed E-state index contributed by atoms with van der Waals surface area (Å²) in [7, 11) is 0. The molecule has 0 saturated heterocycles. The van der Waals surface area contributed by atoms with Gasteiger partial charge in [0.05, 0.1) is 12.3 Å². The highest BCUT2D eigenvalue weighted by Gasteiger charge is 2.04. The number of halogens is 1. The van der Waals surface area contributed by atoms with E-state index < -0.39 is 5.97 Å². The molecule has 1 heterocycles. The van der Waals surface area contributed by atoms with E-state index in [4.69, 9.17) is 5.84 Å². The number of H-pyrrole nitrogens is 1. The van der Waals surface area contributed by atoms with Crippen molar-refractivity contribution in [2.45, 2.75) is 54.9 Å². The average Bonchev–Trinajstić information content (AvgIpc) is 3.10. The molecule has 4 N–H and O–H groups in total. The molecule has 3 aromatic rings.